The van der Waals surface area contributed by atoms with Gasteiger partial charge in [0.25, 0.3) is 0 Å². The van der Waals surface area contributed by atoms with Gasteiger partial charge in [-0.25, -0.2) is 4.79 Å². The van der Waals surface area contributed by atoms with E-state index in [-0.39, 0.29) is 12.2 Å². The molecule has 0 saturated heterocycles. The summed E-state index contributed by atoms with van der Waals surface area (Å²) in [6, 6.07) is 0. The van der Waals surface area contributed by atoms with Crippen LogP contribution in [0, 0.1) is 0 Å². The van der Waals surface area contributed by atoms with Crippen molar-refractivity contribution in [2.24, 2.45) is 0 Å². The summed E-state index contributed by atoms with van der Waals surface area (Å²) < 4.78 is 9.94. The van der Waals surface area contributed by atoms with Crippen LogP contribution in [0.4, 0.5) is 0 Å². The van der Waals surface area contributed by atoms with Crippen LogP contribution in [0.25, 0.3) is 0 Å². The molecule has 0 aromatic rings. The van der Waals surface area contributed by atoms with Crippen molar-refractivity contribution in [1.82, 2.24) is 0 Å². The van der Waals surface area contributed by atoms with E-state index < -0.39 is 17.7 Å². The minimum absolute atomic E-state index is 0.237. The van der Waals surface area contributed by atoms with Crippen molar-refractivity contribution < 1.29 is 19.1 Å². The van der Waals surface area contributed by atoms with Crippen LogP contribution in [0.3, 0.4) is 0 Å². The fraction of sp³-hybridized carbons (Fsp3) is 0.667. The molecule has 92 valence electrons. The summed E-state index contributed by atoms with van der Waals surface area (Å²) in [4.78, 5) is 23.2. The number of hydrogen-bond donors (Lipinski definition) is 0. The Bertz CT molecular complexity index is 263. The molecule has 1 unspecified atom stereocenters. The van der Waals surface area contributed by atoms with E-state index in [2.05, 4.69) is 6.58 Å². The lowest BCUT2D eigenvalue weighted by atomic mass is 10.1. The van der Waals surface area contributed by atoms with Crippen LogP contribution in [-0.2, 0) is 19.1 Å². The molecule has 0 aliphatic rings. The number of ether oxygens (including phenoxy) is 2. The van der Waals surface area contributed by atoms with E-state index in [1.165, 1.54) is 7.11 Å². The molecular weight excluding hydrogens is 208 g/mol. The third-order valence-corrected chi connectivity index (χ3v) is 1.74. The number of allylic oxidation sites excluding steroid dienone is 1. The first-order valence-corrected chi connectivity index (χ1v) is 5.21. The Morgan fingerprint density at radius 2 is 1.94 bits per heavy atom. The highest BCUT2D eigenvalue weighted by Gasteiger charge is 2.30. The minimum atomic E-state index is -1.13. The fourth-order valence-electron chi connectivity index (χ4n) is 1.09. The zero-order valence-corrected chi connectivity index (χ0v) is 10.4. The number of carbonyl (C=O) groups excluding carboxylic acids is 2. The molecule has 4 nitrogen and oxygen atoms in total. The molecule has 1 atom stereocenters. The van der Waals surface area contributed by atoms with Gasteiger partial charge in [-0.2, -0.15) is 0 Å². The molecule has 0 radical (unpaired) electrons. The SMILES string of the molecule is C=CCCC(=O)C(OC)C(=O)OC(C)(C)C. The van der Waals surface area contributed by atoms with Gasteiger partial charge >= 0.3 is 5.97 Å². The second-order valence-electron chi connectivity index (χ2n) is 4.44. The highest BCUT2D eigenvalue weighted by Crippen LogP contribution is 2.11. The van der Waals surface area contributed by atoms with E-state index in [0.717, 1.165) is 0 Å². The van der Waals surface area contributed by atoms with E-state index in [1.54, 1.807) is 26.8 Å². The third kappa shape index (κ3) is 5.66. The number of esters is 1. The Morgan fingerprint density at radius 3 is 2.31 bits per heavy atom. The molecule has 0 aliphatic heterocycles. The average molecular weight is 228 g/mol. The zero-order valence-electron chi connectivity index (χ0n) is 10.4. The molecule has 0 aromatic heterocycles. The lowest BCUT2D eigenvalue weighted by Crippen LogP contribution is -2.38. The van der Waals surface area contributed by atoms with E-state index >= 15 is 0 Å². The van der Waals surface area contributed by atoms with Gasteiger partial charge in [-0.05, 0) is 27.2 Å². The fourth-order valence-corrected chi connectivity index (χ4v) is 1.09. The van der Waals surface area contributed by atoms with Crippen LogP contribution in [-0.4, -0.2) is 30.6 Å². The van der Waals surface area contributed by atoms with Crippen molar-refractivity contribution in [3.05, 3.63) is 12.7 Å². The second-order valence-corrected chi connectivity index (χ2v) is 4.44. The highest BCUT2D eigenvalue weighted by atomic mass is 16.6. The first-order chi connectivity index (χ1) is 7.31. The summed E-state index contributed by atoms with van der Waals surface area (Å²) in [6.45, 7) is 8.74. The zero-order chi connectivity index (χ0) is 12.8. The molecular formula is C12H20O4. The van der Waals surface area contributed by atoms with Crippen molar-refractivity contribution in [1.29, 1.82) is 0 Å². The average Bonchev–Trinajstić information content (AvgIpc) is 2.12. The monoisotopic (exact) mass is 228 g/mol. The van der Waals surface area contributed by atoms with Gasteiger partial charge in [0.05, 0.1) is 0 Å². The van der Waals surface area contributed by atoms with Gasteiger partial charge in [-0.1, -0.05) is 6.08 Å². The molecule has 0 fully saturated rings. The maximum Gasteiger partial charge on any atom is 0.343 e. The topological polar surface area (TPSA) is 52.6 Å². The quantitative estimate of drug-likeness (QED) is 0.395. The third-order valence-electron chi connectivity index (χ3n) is 1.74. The predicted octanol–water partition coefficient (Wildman–Crippen LogP) is 1.88. The molecule has 16 heavy (non-hydrogen) atoms. The van der Waals surface area contributed by atoms with Crippen LogP contribution in [0.2, 0.25) is 0 Å². The number of methoxy groups -OCH3 is 1. The number of carbonyl (C=O) groups is 2. The maximum atomic E-state index is 11.6. The second kappa shape index (κ2) is 6.43. The predicted molar refractivity (Wildman–Crippen MR) is 61.1 cm³/mol. The largest absolute Gasteiger partial charge is 0.458 e. The van der Waals surface area contributed by atoms with Gasteiger partial charge in [0.2, 0.25) is 6.10 Å². The summed E-state index contributed by atoms with van der Waals surface area (Å²) in [5.74, 6) is -0.916. The number of hydrogen-bond acceptors (Lipinski definition) is 4. The van der Waals surface area contributed by atoms with Crippen LogP contribution < -0.4 is 0 Å². The Morgan fingerprint density at radius 1 is 1.38 bits per heavy atom. The van der Waals surface area contributed by atoms with Crippen molar-refractivity contribution in [3.63, 3.8) is 0 Å². The Hall–Kier alpha value is -1.16. The lowest BCUT2D eigenvalue weighted by molar-refractivity contribution is -0.169. The minimum Gasteiger partial charge on any atom is -0.458 e. The number of Topliss-reactive ketones (excluding diaryl/α,β-unsaturated/α-hetero) is 1. The van der Waals surface area contributed by atoms with Gasteiger partial charge in [0, 0.05) is 13.5 Å². The molecule has 0 aliphatic carbocycles. The molecule has 0 heterocycles. The first-order valence-electron chi connectivity index (χ1n) is 5.21. The smallest absolute Gasteiger partial charge is 0.343 e. The van der Waals surface area contributed by atoms with Crippen molar-refractivity contribution in [3.8, 4) is 0 Å². The van der Waals surface area contributed by atoms with Crippen LogP contribution >= 0.6 is 0 Å². The van der Waals surface area contributed by atoms with E-state index in [0.29, 0.717) is 6.42 Å². The van der Waals surface area contributed by atoms with Gasteiger partial charge in [-0.15, -0.1) is 6.58 Å². The number of rotatable bonds is 6. The summed E-state index contributed by atoms with van der Waals surface area (Å²) in [5.41, 5.74) is -0.618. The van der Waals surface area contributed by atoms with E-state index in [4.69, 9.17) is 9.47 Å². The molecule has 0 aromatic carbocycles. The molecule has 0 amide bonds. The Balaban J connectivity index is 4.42. The first kappa shape index (κ1) is 14.8. The standard InChI is InChI=1S/C12H20O4/c1-6-7-8-9(13)10(15-5)11(14)16-12(2,3)4/h6,10H,1,7-8H2,2-5H3. The molecule has 4 heteroatoms. The van der Waals surface area contributed by atoms with Crippen molar-refractivity contribution >= 4 is 11.8 Å². The van der Waals surface area contributed by atoms with Crippen molar-refractivity contribution in [2.45, 2.75) is 45.3 Å². The molecule has 0 spiro atoms. The lowest BCUT2D eigenvalue weighted by Gasteiger charge is -2.22. The maximum absolute atomic E-state index is 11.6. The number of ketones is 1. The summed E-state index contributed by atoms with van der Waals surface area (Å²) in [6.07, 6.45) is 1.27. The van der Waals surface area contributed by atoms with Crippen LogP contribution in [0.5, 0.6) is 0 Å². The Labute approximate surface area is 96.6 Å². The van der Waals surface area contributed by atoms with Crippen LogP contribution in [0.15, 0.2) is 12.7 Å². The van der Waals surface area contributed by atoms with E-state index in [9.17, 15) is 9.59 Å². The van der Waals surface area contributed by atoms with E-state index in [1.807, 2.05) is 0 Å². The highest BCUT2D eigenvalue weighted by molar-refractivity contribution is 6.02. The molecule has 0 saturated carbocycles. The van der Waals surface area contributed by atoms with Crippen molar-refractivity contribution in [2.75, 3.05) is 7.11 Å². The van der Waals surface area contributed by atoms with Gasteiger partial charge in [0.1, 0.15) is 5.60 Å². The molecule has 0 bridgehead atoms. The van der Waals surface area contributed by atoms with Gasteiger partial charge in [-0.3, -0.25) is 4.79 Å². The summed E-state index contributed by atoms with van der Waals surface area (Å²) >= 11 is 0. The molecule has 0 N–H and O–H groups in total. The summed E-state index contributed by atoms with van der Waals surface area (Å²) in [7, 11) is 1.32. The summed E-state index contributed by atoms with van der Waals surface area (Å²) in [5, 5.41) is 0. The molecule has 0 rings (SSSR count). The Kier molecular flexibility index (Phi) is 5.96. The van der Waals surface area contributed by atoms with Gasteiger partial charge < -0.3 is 9.47 Å². The normalized spacial score (nSPS) is 13.0. The van der Waals surface area contributed by atoms with Crippen LogP contribution in [0.1, 0.15) is 33.6 Å². The van der Waals surface area contributed by atoms with Gasteiger partial charge in [0.15, 0.2) is 5.78 Å².